The standard InChI is InChI=1S/C37H29Cl2N/c38-34-14-7-15-35(36(34)39)40(28-11-6-10-25(22-28)24-8-2-1-3-9-24)29-20-21-33-31(23-29)30-12-4-5-13-32(30)37(33)26-16-17-27(37)19-18-26/h1-15,20-23,26-27H,16-19H2. The second-order valence-electron chi connectivity index (χ2n) is 11.5. The van der Waals surface area contributed by atoms with Crippen molar-refractivity contribution in [3.05, 3.63) is 136 Å². The van der Waals surface area contributed by atoms with Crippen molar-refractivity contribution < 1.29 is 0 Å². The second kappa shape index (κ2) is 9.26. The summed E-state index contributed by atoms with van der Waals surface area (Å²) in [5.41, 5.74) is 11.4. The number of halogens is 2. The number of hydrogen-bond donors (Lipinski definition) is 0. The highest BCUT2D eigenvalue weighted by molar-refractivity contribution is 6.44. The van der Waals surface area contributed by atoms with Crippen LogP contribution < -0.4 is 4.90 Å². The number of rotatable bonds is 4. The van der Waals surface area contributed by atoms with E-state index in [2.05, 4.69) is 108 Å². The molecule has 0 heterocycles. The van der Waals surface area contributed by atoms with Crippen LogP contribution in [0.25, 0.3) is 22.3 Å². The lowest BCUT2D eigenvalue weighted by molar-refractivity contribution is 0.400. The zero-order valence-electron chi connectivity index (χ0n) is 22.2. The Balaban J connectivity index is 1.34. The molecule has 8 rings (SSSR count). The van der Waals surface area contributed by atoms with Crippen molar-refractivity contribution in [1.82, 2.24) is 0 Å². The van der Waals surface area contributed by atoms with Gasteiger partial charge < -0.3 is 4.90 Å². The Morgan fingerprint density at radius 1 is 0.550 bits per heavy atom. The van der Waals surface area contributed by atoms with Crippen molar-refractivity contribution in [3.63, 3.8) is 0 Å². The van der Waals surface area contributed by atoms with Gasteiger partial charge in [-0.15, -0.1) is 0 Å². The maximum Gasteiger partial charge on any atom is 0.0832 e. The summed E-state index contributed by atoms with van der Waals surface area (Å²) in [6, 6.07) is 41.4. The zero-order chi connectivity index (χ0) is 26.8. The van der Waals surface area contributed by atoms with Crippen LogP contribution in [0.4, 0.5) is 17.1 Å². The van der Waals surface area contributed by atoms with E-state index in [1.54, 1.807) is 5.56 Å². The van der Waals surface area contributed by atoms with E-state index in [1.165, 1.54) is 47.9 Å². The third kappa shape index (κ3) is 3.41. The minimum absolute atomic E-state index is 0.177. The van der Waals surface area contributed by atoms with Crippen molar-refractivity contribution in [1.29, 1.82) is 0 Å². The van der Waals surface area contributed by atoms with Gasteiger partial charge in [-0.05, 0) is 107 Å². The molecule has 0 aliphatic heterocycles. The van der Waals surface area contributed by atoms with Crippen molar-refractivity contribution in [2.75, 3.05) is 4.90 Å². The first-order valence-corrected chi connectivity index (χ1v) is 15.1. The molecule has 2 bridgehead atoms. The van der Waals surface area contributed by atoms with Crippen molar-refractivity contribution >= 4 is 40.3 Å². The monoisotopic (exact) mass is 557 g/mol. The Morgan fingerprint density at radius 2 is 1.20 bits per heavy atom. The molecule has 5 aromatic carbocycles. The average Bonchev–Trinajstić information content (AvgIpc) is 3.65. The fourth-order valence-electron chi connectivity index (χ4n) is 8.24. The number of fused-ring (bicyclic) bond motifs is 3. The molecular formula is C37H29Cl2N. The molecule has 0 aromatic heterocycles. The lowest BCUT2D eigenvalue weighted by atomic mass is 9.70. The summed E-state index contributed by atoms with van der Waals surface area (Å²) in [5, 5.41) is 1.11. The van der Waals surface area contributed by atoms with Crippen LogP contribution >= 0.6 is 23.2 Å². The molecule has 0 N–H and O–H groups in total. The third-order valence-corrected chi connectivity index (χ3v) is 10.6. The Hall–Kier alpha value is -3.52. The van der Waals surface area contributed by atoms with Gasteiger partial charge in [0.15, 0.2) is 0 Å². The average molecular weight is 559 g/mol. The molecular weight excluding hydrogens is 529 g/mol. The van der Waals surface area contributed by atoms with Crippen LogP contribution in [0.15, 0.2) is 115 Å². The Kier molecular flexibility index (Phi) is 5.63. The van der Waals surface area contributed by atoms with Gasteiger partial charge in [-0.3, -0.25) is 0 Å². The predicted molar refractivity (Wildman–Crippen MR) is 168 cm³/mol. The van der Waals surface area contributed by atoms with Gasteiger partial charge >= 0.3 is 0 Å². The Labute approximate surface area is 246 Å². The molecule has 0 radical (unpaired) electrons. The Morgan fingerprint density at radius 3 is 2.00 bits per heavy atom. The van der Waals surface area contributed by atoms with Gasteiger partial charge in [0.25, 0.3) is 0 Å². The lowest BCUT2D eigenvalue weighted by Gasteiger charge is -2.33. The van der Waals surface area contributed by atoms with Crippen molar-refractivity contribution in [2.24, 2.45) is 11.8 Å². The lowest BCUT2D eigenvalue weighted by Crippen LogP contribution is -2.30. The van der Waals surface area contributed by atoms with Crippen LogP contribution in [0.3, 0.4) is 0 Å². The van der Waals surface area contributed by atoms with Crippen molar-refractivity contribution in [3.8, 4) is 22.3 Å². The van der Waals surface area contributed by atoms with Gasteiger partial charge in [0.05, 0.1) is 15.7 Å². The first kappa shape index (κ1) is 24.3. The third-order valence-electron chi connectivity index (χ3n) is 9.77. The fourth-order valence-corrected chi connectivity index (χ4v) is 8.62. The second-order valence-corrected chi connectivity index (χ2v) is 12.3. The van der Waals surface area contributed by atoms with Crippen LogP contribution in [0.5, 0.6) is 0 Å². The fraction of sp³-hybridized carbons (Fsp3) is 0.189. The molecule has 3 aliphatic rings. The summed E-state index contributed by atoms with van der Waals surface area (Å²) < 4.78 is 0. The summed E-state index contributed by atoms with van der Waals surface area (Å²) >= 11 is 13.5. The minimum Gasteiger partial charge on any atom is -0.309 e. The number of hydrogen-bond acceptors (Lipinski definition) is 1. The van der Waals surface area contributed by atoms with E-state index in [0.717, 1.165) is 34.5 Å². The van der Waals surface area contributed by atoms with Gasteiger partial charge in [0.1, 0.15) is 0 Å². The van der Waals surface area contributed by atoms with Gasteiger partial charge in [0, 0.05) is 16.8 Å². The molecule has 1 nitrogen and oxygen atoms in total. The van der Waals surface area contributed by atoms with Crippen molar-refractivity contribution in [2.45, 2.75) is 31.1 Å². The highest BCUT2D eigenvalue weighted by Crippen LogP contribution is 2.68. The first-order chi connectivity index (χ1) is 19.7. The molecule has 5 aromatic rings. The van der Waals surface area contributed by atoms with Gasteiger partial charge in [-0.25, -0.2) is 0 Å². The normalized spacial score (nSPS) is 21.9. The Bertz CT molecular complexity index is 1740. The molecule has 3 heteroatoms. The molecule has 0 amide bonds. The van der Waals surface area contributed by atoms with Gasteiger partial charge in [-0.1, -0.05) is 102 Å². The molecule has 3 aliphatic carbocycles. The molecule has 2 fully saturated rings. The van der Waals surface area contributed by atoms with E-state index in [4.69, 9.17) is 23.2 Å². The highest BCUT2D eigenvalue weighted by Gasteiger charge is 2.59. The first-order valence-electron chi connectivity index (χ1n) is 14.3. The van der Waals surface area contributed by atoms with Crippen LogP contribution in [0.2, 0.25) is 10.0 Å². The highest BCUT2D eigenvalue weighted by atomic mass is 35.5. The molecule has 1 spiro atoms. The minimum atomic E-state index is 0.177. The summed E-state index contributed by atoms with van der Waals surface area (Å²) in [6.45, 7) is 0. The van der Waals surface area contributed by atoms with E-state index in [9.17, 15) is 0 Å². The summed E-state index contributed by atoms with van der Waals surface area (Å²) in [5.74, 6) is 1.48. The smallest absolute Gasteiger partial charge is 0.0832 e. The van der Waals surface area contributed by atoms with E-state index in [1.807, 2.05) is 12.1 Å². The molecule has 2 saturated carbocycles. The quantitative estimate of drug-likeness (QED) is 0.212. The molecule has 0 atom stereocenters. The summed E-state index contributed by atoms with van der Waals surface area (Å²) in [7, 11) is 0. The molecule has 0 unspecified atom stereocenters. The van der Waals surface area contributed by atoms with E-state index in [-0.39, 0.29) is 5.41 Å². The number of anilines is 3. The zero-order valence-corrected chi connectivity index (χ0v) is 23.7. The molecule has 0 saturated heterocycles. The predicted octanol–water partition coefficient (Wildman–Crippen LogP) is 11.2. The van der Waals surface area contributed by atoms with Crippen LogP contribution in [-0.2, 0) is 5.41 Å². The molecule has 196 valence electrons. The summed E-state index contributed by atoms with van der Waals surface area (Å²) in [4.78, 5) is 2.26. The number of nitrogens with zero attached hydrogens (tertiary/aromatic N) is 1. The van der Waals surface area contributed by atoms with E-state index >= 15 is 0 Å². The van der Waals surface area contributed by atoms with Gasteiger partial charge in [-0.2, -0.15) is 0 Å². The van der Waals surface area contributed by atoms with Gasteiger partial charge in [0.2, 0.25) is 0 Å². The van der Waals surface area contributed by atoms with Crippen LogP contribution in [0.1, 0.15) is 36.8 Å². The van der Waals surface area contributed by atoms with Crippen LogP contribution in [0, 0.1) is 11.8 Å². The summed E-state index contributed by atoms with van der Waals surface area (Å²) in [6.07, 6.45) is 5.38. The maximum atomic E-state index is 6.91. The molecule has 40 heavy (non-hydrogen) atoms. The SMILES string of the molecule is Clc1cccc(N(c2cccc(-c3ccccc3)c2)c2ccc3c(c2)-c2ccccc2C32C3CCC2CC3)c1Cl. The maximum absolute atomic E-state index is 6.91. The largest absolute Gasteiger partial charge is 0.309 e. The van der Waals surface area contributed by atoms with Crippen LogP contribution in [-0.4, -0.2) is 0 Å². The van der Waals surface area contributed by atoms with E-state index in [0.29, 0.717) is 10.0 Å². The topological polar surface area (TPSA) is 3.24 Å². The van der Waals surface area contributed by atoms with E-state index < -0.39 is 0 Å². The number of benzene rings is 5.